The largest absolute Gasteiger partial charge is 0.548 e. The van der Waals surface area contributed by atoms with Crippen LogP contribution in [0.3, 0.4) is 0 Å². The summed E-state index contributed by atoms with van der Waals surface area (Å²) in [4.78, 5) is 46.9. The summed E-state index contributed by atoms with van der Waals surface area (Å²) in [5.41, 5.74) is 5.92. The number of carboxylic acid groups (broad SMARTS) is 1. The molecule has 2 aliphatic carbocycles. The third-order valence-corrected chi connectivity index (χ3v) is 10.7. The molecule has 0 unspecified atom stereocenters. The first-order valence-electron chi connectivity index (χ1n) is 23.8. The van der Waals surface area contributed by atoms with E-state index in [2.05, 4.69) is 46.6 Å². The standard InChI is InChI=1S/C21H26N2O4.C12H23N.C11H19NO5.C10H9N.CH4/c1-5-13-26-14-18(23-20(25)27-21(2,3)4)19(24)22-17-12-8-10-15-9-6-7-11-16(15)17;1-3-7-11(8-4-1)13-12-9-5-2-6-10-12;1-5-6-16-7-8(9(13)14)12-10(15)17-11(2,3)4;11-10-7-3-5-8-4-1-2-6-9(8)10;/h5-12,18H,1,13-14H2,2-4H3,(H,22,24)(H,23,25);11-13H,1-10H2;5,8H,1,6-7H2,2-4H3,(H,12,15)(H,13,14);1-7H,11H2;1H4/t18-;;8-;;/m0.0../s1. The van der Waals surface area contributed by atoms with Crippen LogP contribution in [0.5, 0.6) is 0 Å². The van der Waals surface area contributed by atoms with Gasteiger partial charge in [0.05, 0.1) is 50.5 Å². The molecule has 2 atom stereocenters. The molecule has 0 saturated heterocycles. The summed E-state index contributed by atoms with van der Waals surface area (Å²) < 4.78 is 20.4. The lowest BCUT2D eigenvalue weighted by Crippen LogP contribution is -2.95. The molecular weight excluding hydrogens is 875 g/mol. The molecule has 6 rings (SSSR count). The summed E-state index contributed by atoms with van der Waals surface area (Å²) >= 11 is 0. The fourth-order valence-electron chi connectivity index (χ4n) is 7.63. The van der Waals surface area contributed by atoms with Gasteiger partial charge in [-0.2, -0.15) is 0 Å². The number of quaternary nitrogens is 1. The van der Waals surface area contributed by atoms with Crippen LogP contribution in [0.1, 0.15) is 113 Å². The Morgan fingerprint density at radius 1 is 0.652 bits per heavy atom. The molecular formula is C55H81N5O9. The number of amides is 3. The number of ether oxygens (including phenoxy) is 4. The van der Waals surface area contributed by atoms with Crippen molar-refractivity contribution in [1.29, 1.82) is 0 Å². The maximum absolute atomic E-state index is 12.8. The summed E-state index contributed by atoms with van der Waals surface area (Å²) in [7, 11) is 0. The maximum Gasteiger partial charge on any atom is 0.408 e. The van der Waals surface area contributed by atoms with Gasteiger partial charge in [-0.1, -0.05) is 105 Å². The lowest BCUT2D eigenvalue weighted by Gasteiger charge is -2.27. The Morgan fingerprint density at radius 2 is 1.07 bits per heavy atom. The van der Waals surface area contributed by atoms with Crippen LogP contribution in [0.4, 0.5) is 21.0 Å². The summed E-state index contributed by atoms with van der Waals surface area (Å²) in [6, 6.07) is 27.3. The van der Waals surface area contributed by atoms with Crippen molar-refractivity contribution in [3.63, 3.8) is 0 Å². The lowest BCUT2D eigenvalue weighted by molar-refractivity contribution is -0.725. The topological polar surface area (TPSA) is 207 Å². The fraction of sp³-hybridized carbons (Fsp3) is 0.491. The highest BCUT2D eigenvalue weighted by Gasteiger charge is 2.26. The van der Waals surface area contributed by atoms with Crippen molar-refractivity contribution in [3.8, 4) is 0 Å². The van der Waals surface area contributed by atoms with Crippen LogP contribution >= 0.6 is 0 Å². The molecule has 4 aromatic carbocycles. The third kappa shape index (κ3) is 24.2. The number of fused-ring (bicyclic) bond motifs is 2. The second-order valence-electron chi connectivity index (χ2n) is 18.9. The van der Waals surface area contributed by atoms with Gasteiger partial charge in [-0.25, -0.2) is 9.59 Å². The molecule has 0 spiro atoms. The number of anilines is 2. The average molecular weight is 956 g/mol. The number of alkyl carbamates (subject to hydrolysis) is 2. The van der Waals surface area contributed by atoms with E-state index in [0.29, 0.717) is 5.69 Å². The zero-order valence-electron chi connectivity index (χ0n) is 41.2. The van der Waals surface area contributed by atoms with Crippen molar-refractivity contribution < 1.29 is 48.5 Å². The van der Waals surface area contributed by atoms with Gasteiger partial charge in [-0.3, -0.25) is 4.79 Å². The highest BCUT2D eigenvalue weighted by molar-refractivity contribution is 6.04. The number of nitrogens with two attached hydrogens (primary N) is 2. The van der Waals surface area contributed by atoms with E-state index in [1.54, 1.807) is 47.6 Å². The van der Waals surface area contributed by atoms with E-state index in [0.717, 1.165) is 33.9 Å². The first-order chi connectivity index (χ1) is 32.4. The molecule has 2 fully saturated rings. The lowest BCUT2D eigenvalue weighted by atomic mass is 9.91. The molecule has 2 saturated carbocycles. The highest BCUT2D eigenvalue weighted by Crippen LogP contribution is 2.24. The zero-order valence-corrected chi connectivity index (χ0v) is 41.2. The van der Waals surface area contributed by atoms with Crippen LogP contribution in [0, 0.1) is 0 Å². The van der Waals surface area contributed by atoms with Crippen LogP contribution < -0.4 is 32.1 Å². The van der Waals surface area contributed by atoms with Gasteiger partial charge in [0.1, 0.15) is 17.2 Å². The number of rotatable bonds is 15. The molecule has 7 N–H and O–H groups in total. The van der Waals surface area contributed by atoms with Crippen molar-refractivity contribution in [3.05, 3.63) is 110 Å². The van der Waals surface area contributed by atoms with Crippen LogP contribution in [0.15, 0.2) is 110 Å². The molecule has 3 amide bonds. The number of carbonyl (C=O) groups excluding carboxylic acids is 4. The molecule has 0 aliphatic heterocycles. The number of aliphatic carboxylic acids is 1. The minimum atomic E-state index is -1.43. The maximum atomic E-state index is 12.8. The summed E-state index contributed by atoms with van der Waals surface area (Å²) in [6.45, 7) is 17.5. The first-order valence-corrected chi connectivity index (χ1v) is 23.8. The molecule has 0 radical (unpaired) electrons. The van der Waals surface area contributed by atoms with Crippen molar-refractivity contribution in [1.82, 2.24) is 10.6 Å². The number of hydrogen-bond donors (Lipinski definition) is 5. The Bertz CT molecular complexity index is 2150. The number of carboxylic acids is 1. The van der Waals surface area contributed by atoms with E-state index < -0.39 is 41.4 Å². The second-order valence-corrected chi connectivity index (χ2v) is 18.9. The highest BCUT2D eigenvalue weighted by atomic mass is 16.6. The van der Waals surface area contributed by atoms with E-state index in [4.69, 9.17) is 24.7 Å². The Morgan fingerprint density at radius 3 is 1.54 bits per heavy atom. The predicted molar refractivity (Wildman–Crippen MR) is 277 cm³/mol. The van der Waals surface area contributed by atoms with Gasteiger partial charge in [0.2, 0.25) is 5.91 Å². The van der Waals surface area contributed by atoms with E-state index in [1.807, 2.05) is 72.8 Å². The van der Waals surface area contributed by atoms with E-state index >= 15 is 0 Å². The molecule has 380 valence electrons. The van der Waals surface area contributed by atoms with Crippen molar-refractivity contribution in [2.24, 2.45) is 0 Å². The average Bonchev–Trinajstić information content (AvgIpc) is 3.29. The summed E-state index contributed by atoms with van der Waals surface area (Å²) in [5.74, 6) is -1.82. The second kappa shape index (κ2) is 31.2. The smallest absolute Gasteiger partial charge is 0.408 e. The van der Waals surface area contributed by atoms with E-state index in [-0.39, 0.29) is 39.8 Å². The van der Waals surface area contributed by atoms with Crippen molar-refractivity contribution in [2.75, 3.05) is 37.5 Å². The van der Waals surface area contributed by atoms with Gasteiger partial charge < -0.3 is 55.8 Å². The van der Waals surface area contributed by atoms with Crippen LogP contribution in [-0.2, 0) is 28.5 Å². The number of nitrogens with one attached hydrogen (secondary N) is 3. The molecule has 69 heavy (non-hydrogen) atoms. The number of nitrogen functional groups attached to an aromatic ring is 1. The Kier molecular flexibility index (Phi) is 26.8. The van der Waals surface area contributed by atoms with Crippen LogP contribution in [0.2, 0.25) is 0 Å². The van der Waals surface area contributed by atoms with Crippen molar-refractivity contribution >= 4 is 57.0 Å². The van der Waals surface area contributed by atoms with E-state index in [9.17, 15) is 24.3 Å². The number of carbonyl (C=O) groups is 4. The minimum absolute atomic E-state index is 0. The normalized spacial score (nSPS) is 14.8. The number of benzene rings is 4. The van der Waals surface area contributed by atoms with Gasteiger partial charge in [0, 0.05) is 22.1 Å². The summed E-state index contributed by atoms with van der Waals surface area (Å²) in [5, 5.41) is 25.3. The van der Waals surface area contributed by atoms with Crippen LogP contribution in [0.25, 0.3) is 21.5 Å². The Balaban J connectivity index is 0.000000334. The SMILES string of the molecule is C.C1CCC([NH2+]C2CCCCC2)CC1.C=CCOC[C@H](NC(=O)OC(C)(C)C)C(=O)Nc1cccc2ccccc12.C=CCOC[C@H](NC(=O)OC(C)(C)C)C(=O)[O-].Nc1cccc2ccccc12. The van der Waals surface area contributed by atoms with Crippen LogP contribution in [-0.4, -0.2) is 85.9 Å². The quantitative estimate of drug-likeness (QED) is 0.0434. The number of hydrogen-bond acceptors (Lipinski definition) is 10. The van der Waals surface area contributed by atoms with Gasteiger partial charge in [0.15, 0.2) is 0 Å². The molecule has 0 bridgehead atoms. The minimum Gasteiger partial charge on any atom is -0.548 e. The molecule has 4 aromatic rings. The molecule has 0 aromatic heterocycles. The van der Waals surface area contributed by atoms with Gasteiger partial charge in [-0.05, 0) is 116 Å². The van der Waals surface area contributed by atoms with Gasteiger partial charge in [0.25, 0.3) is 0 Å². The predicted octanol–water partition coefficient (Wildman–Crippen LogP) is 8.98. The van der Waals surface area contributed by atoms with E-state index in [1.165, 1.54) is 75.7 Å². The molecule has 0 heterocycles. The summed E-state index contributed by atoms with van der Waals surface area (Å²) in [6.07, 6.45) is 16.5. The zero-order chi connectivity index (χ0) is 50.0. The molecule has 2 aliphatic rings. The third-order valence-electron chi connectivity index (χ3n) is 10.7. The van der Waals surface area contributed by atoms with Gasteiger partial charge >= 0.3 is 12.2 Å². The fourth-order valence-corrected chi connectivity index (χ4v) is 7.63. The van der Waals surface area contributed by atoms with Crippen molar-refractivity contribution in [2.45, 2.75) is 149 Å². The Hall–Kier alpha value is -5.96. The molecule has 14 heteroatoms. The first kappa shape index (κ1) is 59.2. The van der Waals surface area contributed by atoms with Gasteiger partial charge in [-0.15, -0.1) is 13.2 Å². The Labute approximate surface area is 411 Å². The monoisotopic (exact) mass is 956 g/mol. The molecule has 14 nitrogen and oxygen atoms in total.